The zero-order valence-corrected chi connectivity index (χ0v) is 9.78. The number of nitrogens with zero attached hydrogens (tertiary/aromatic N) is 1. The topological polar surface area (TPSA) is 60.2 Å². The van der Waals surface area contributed by atoms with E-state index < -0.39 is 4.92 Å². The molecule has 80 valence electrons. The molecule has 0 bridgehead atoms. The normalized spacial score (nSPS) is 10.0. The summed E-state index contributed by atoms with van der Waals surface area (Å²) in [5.74, 6) is -0.0660. The first-order valence-corrected chi connectivity index (χ1v) is 5.49. The molecule has 1 aromatic rings. The number of Topliss-reactive ketones (excluding diaryl/α,β-unsaturated/α-hetero) is 1. The second-order valence-corrected chi connectivity index (χ2v) is 3.75. The minimum atomic E-state index is -0.438. The summed E-state index contributed by atoms with van der Waals surface area (Å²) in [5, 5.41) is 11.0. The lowest BCUT2D eigenvalue weighted by atomic mass is 10.0. The molecular formula is C10H10BrNO3. The molecular weight excluding hydrogens is 262 g/mol. The Morgan fingerprint density at radius 3 is 2.73 bits per heavy atom. The lowest BCUT2D eigenvalue weighted by Crippen LogP contribution is -2.06. The van der Waals surface area contributed by atoms with Crippen LogP contribution in [0.4, 0.5) is 5.69 Å². The summed E-state index contributed by atoms with van der Waals surface area (Å²) < 4.78 is 0. The molecule has 0 aliphatic rings. The van der Waals surface area contributed by atoms with Crippen LogP contribution in [0.2, 0.25) is 0 Å². The maximum atomic E-state index is 11.2. The van der Waals surface area contributed by atoms with Crippen LogP contribution in [0.3, 0.4) is 0 Å². The Hall–Kier alpha value is -1.23. The van der Waals surface area contributed by atoms with Crippen molar-refractivity contribution in [1.82, 2.24) is 0 Å². The summed E-state index contributed by atoms with van der Waals surface area (Å²) in [5.41, 5.74) is 1.11. The number of benzene rings is 1. The lowest BCUT2D eigenvalue weighted by Gasteiger charge is -2.03. The molecule has 4 nitrogen and oxygen atoms in total. The summed E-state index contributed by atoms with van der Waals surface area (Å²) in [4.78, 5) is 21.6. The first-order chi connectivity index (χ1) is 7.06. The zero-order valence-electron chi connectivity index (χ0n) is 8.20. The van der Waals surface area contributed by atoms with Crippen LogP contribution in [-0.4, -0.2) is 16.0 Å². The van der Waals surface area contributed by atoms with Crippen molar-refractivity contribution in [1.29, 1.82) is 0 Å². The minimum absolute atomic E-state index is 0.0480. The first kappa shape index (κ1) is 11.8. The highest BCUT2D eigenvalue weighted by Gasteiger charge is 2.18. The molecule has 0 fully saturated rings. The Kier molecular flexibility index (Phi) is 3.96. The Morgan fingerprint density at radius 1 is 1.53 bits per heavy atom. The Bertz CT molecular complexity index is 404. The van der Waals surface area contributed by atoms with Gasteiger partial charge in [-0.2, -0.15) is 0 Å². The fourth-order valence-corrected chi connectivity index (χ4v) is 1.58. The fourth-order valence-electron chi connectivity index (χ4n) is 1.38. The van der Waals surface area contributed by atoms with Crippen molar-refractivity contribution in [2.24, 2.45) is 0 Å². The van der Waals surface area contributed by atoms with E-state index in [1.807, 2.05) is 0 Å². The van der Waals surface area contributed by atoms with Gasteiger partial charge in [0.25, 0.3) is 5.69 Å². The maximum absolute atomic E-state index is 11.2. The van der Waals surface area contributed by atoms with Gasteiger partial charge in [-0.1, -0.05) is 34.1 Å². The van der Waals surface area contributed by atoms with E-state index in [4.69, 9.17) is 0 Å². The van der Waals surface area contributed by atoms with E-state index in [9.17, 15) is 14.9 Å². The first-order valence-electron chi connectivity index (χ1n) is 4.36. The monoisotopic (exact) mass is 271 g/mol. The molecule has 0 aliphatic carbocycles. The van der Waals surface area contributed by atoms with Crippen molar-refractivity contribution >= 4 is 27.4 Å². The van der Waals surface area contributed by atoms with Crippen molar-refractivity contribution in [3.8, 4) is 0 Å². The number of carbonyl (C=O) groups excluding carboxylic acids is 1. The number of para-hydroxylation sites is 1. The third kappa shape index (κ3) is 2.86. The van der Waals surface area contributed by atoms with Gasteiger partial charge in [-0.3, -0.25) is 14.9 Å². The van der Waals surface area contributed by atoms with Crippen molar-refractivity contribution in [3.05, 3.63) is 39.4 Å². The van der Waals surface area contributed by atoms with Crippen LogP contribution < -0.4 is 0 Å². The summed E-state index contributed by atoms with van der Waals surface area (Å²) in [7, 11) is 0. The van der Waals surface area contributed by atoms with Crippen molar-refractivity contribution in [3.63, 3.8) is 0 Å². The molecule has 5 heteroatoms. The molecule has 0 heterocycles. The number of nitro benzene ring substituents is 1. The number of halogens is 1. The Labute approximate surface area is 95.6 Å². The smallest absolute Gasteiger partial charge is 0.275 e. The molecule has 0 aliphatic heterocycles. The molecule has 0 spiro atoms. The van der Waals surface area contributed by atoms with Crippen LogP contribution in [0.25, 0.3) is 0 Å². The largest absolute Gasteiger partial charge is 0.298 e. The predicted octanol–water partition coefficient (Wildman–Crippen LogP) is 2.41. The lowest BCUT2D eigenvalue weighted by molar-refractivity contribution is -0.386. The molecule has 1 rings (SSSR count). The average Bonchev–Trinajstić information content (AvgIpc) is 2.17. The SMILES string of the molecule is Cc1cccc(CC(=O)CBr)c1[N+](=O)[O-]. The van der Waals surface area contributed by atoms with E-state index in [1.54, 1.807) is 25.1 Å². The highest BCUT2D eigenvalue weighted by molar-refractivity contribution is 9.09. The van der Waals surface area contributed by atoms with Crippen molar-refractivity contribution < 1.29 is 9.72 Å². The highest BCUT2D eigenvalue weighted by Crippen LogP contribution is 2.23. The van der Waals surface area contributed by atoms with E-state index in [0.717, 1.165) is 0 Å². The van der Waals surface area contributed by atoms with Crippen LogP contribution in [0, 0.1) is 17.0 Å². The minimum Gasteiger partial charge on any atom is -0.298 e. The highest BCUT2D eigenvalue weighted by atomic mass is 79.9. The van der Waals surface area contributed by atoms with Crippen molar-refractivity contribution in [2.45, 2.75) is 13.3 Å². The van der Waals surface area contributed by atoms with Crippen molar-refractivity contribution in [2.75, 3.05) is 5.33 Å². The third-order valence-corrected chi connectivity index (χ3v) is 2.67. The van der Waals surface area contributed by atoms with E-state index in [1.165, 1.54) is 0 Å². The number of nitro groups is 1. The van der Waals surface area contributed by atoms with Gasteiger partial charge in [-0.05, 0) is 6.92 Å². The number of aryl methyl sites for hydroxylation is 1. The molecule has 0 radical (unpaired) electrons. The third-order valence-electron chi connectivity index (χ3n) is 2.04. The summed E-state index contributed by atoms with van der Waals surface area (Å²) in [6.07, 6.45) is 0.100. The van der Waals surface area contributed by atoms with Gasteiger partial charge >= 0.3 is 0 Å². The molecule has 0 amide bonds. The molecule has 0 aromatic heterocycles. The molecule has 0 atom stereocenters. The van der Waals surface area contributed by atoms with Gasteiger partial charge in [-0.25, -0.2) is 0 Å². The fraction of sp³-hybridized carbons (Fsp3) is 0.300. The van der Waals surface area contributed by atoms with Gasteiger partial charge in [0.05, 0.1) is 10.3 Å². The number of hydrogen-bond donors (Lipinski definition) is 0. The van der Waals surface area contributed by atoms with Gasteiger partial charge in [0.1, 0.15) is 5.78 Å². The number of ketones is 1. The van der Waals surface area contributed by atoms with Crippen LogP contribution in [0.5, 0.6) is 0 Å². The zero-order chi connectivity index (χ0) is 11.4. The van der Waals surface area contributed by atoms with Gasteiger partial charge < -0.3 is 0 Å². The second kappa shape index (κ2) is 5.02. The molecule has 0 saturated heterocycles. The number of alkyl halides is 1. The van der Waals surface area contributed by atoms with E-state index in [0.29, 0.717) is 11.1 Å². The van der Waals surface area contributed by atoms with E-state index in [2.05, 4.69) is 15.9 Å². The Morgan fingerprint density at radius 2 is 2.20 bits per heavy atom. The standard InChI is InChI=1S/C10H10BrNO3/c1-7-3-2-4-8(5-9(13)6-11)10(7)12(14)15/h2-4H,5-6H2,1H3. The van der Waals surface area contributed by atoms with Gasteiger partial charge in [0.15, 0.2) is 0 Å². The average molecular weight is 272 g/mol. The summed E-state index contributed by atoms with van der Waals surface area (Å²) in [6.45, 7) is 1.67. The van der Waals surface area contributed by atoms with E-state index >= 15 is 0 Å². The van der Waals surface area contributed by atoms with E-state index in [-0.39, 0.29) is 23.2 Å². The van der Waals surface area contributed by atoms with Gasteiger partial charge in [0.2, 0.25) is 0 Å². The van der Waals surface area contributed by atoms with Crippen LogP contribution >= 0.6 is 15.9 Å². The summed E-state index contributed by atoms with van der Waals surface area (Å²) >= 11 is 3.03. The number of carbonyl (C=O) groups is 1. The number of hydrogen-bond acceptors (Lipinski definition) is 3. The molecule has 15 heavy (non-hydrogen) atoms. The van der Waals surface area contributed by atoms with Gasteiger partial charge in [-0.15, -0.1) is 0 Å². The molecule has 0 N–H and O–H groups in total. The Balaban J connectivity index is 3.11. The molecule has 0 unspecified atom stereocenters. The van der Waals surface area contributed by atoms with Crippen LogP contribution in [-0.2, 0) is 11.2 Å². The van der Waals surface area contributed by atoms with Gasteiger partial charge in [0, 0.05) is 17.5 Å². The summed E-state index contributed by atoms with van der Waals surface area (Å²) in [6, 6.07) is 5.01. The molecule has 0 saturated carbocycles. The maximum Gasteiger partial charge on any atom is 0.275 e. The molecule has 1 aromatic carbocycles. The quantitative estimate of drug-likeness (QED) is 0.480. The van der Waals surface area contributed by atoms with Crippen LogP contribution in [0.1, 0.15) is 11.1 Å². The number of rotatable bonds is 4. The predicted molar refractivity (Wildman–Crippen MR) is 60.3 cm³/mol. The second-order valence-electron chi connectivity index (χ2n) is 3.19. The van der Waals surface area contributed by atoms with Crippen LogP contribution in [0.15, 0.2) is 18.2 Å².